The van der Waals surface area contributed by atoms with E-state index in [2.05, 4.69) is 0 Å². The maximum absolute atomic E-state index is 10.8. The zero-order valence-electron chi connectivity index (χ0n) is 6.09. The van der Waals surface area contributed by atoms with Gasteiger partial charge in [-0.15, -0.1) is 0 Å². The summed E-state index contributed by atoms with van der Waals surface area (Å²) in [4.78, 5) is 23.3. The second-order valence-electron chi connectivity index (χ2n) is 2.54. The maximum atomic E-state index is 10.8. The molecule has 1 saturated heterocycles. The van der Waals surface area contributed by atoms with Crippen molar-refractivity contribution >= 4 is 26.8 Å². The Bertz CT molecular complexity index is 159. The van der Waals surface area contributed by atoms with Gasteiger partial charge in [-0.2, -0.15) is 0 Å². The van der Waals surface area contributed by atoms with E-state index in [1.54, 1.807) is 4.90 Å². The molecule has 0 aromatic rings. The van der Waals surface area contributed by atoms with Crippen LogP contribution in [0.1, 0.15) is 12.8 Å². The Morgan fingerprint density at radius 3 is 2.30 bits per heavy atom. The molecule has 1 fully saturated rings. The zero-order valence-corrected chi connectivity index (χ0v) is 8.09. The maximum Gasteiger partial charge on any atom is 0.355 e. The quantitative estimate of drug-likeness (QED) is 0.438. The summed E-state index contributed by atoms with van der Waals surface area (Å²) in [5.74, 6) is 0.291. The van der Waals surface area contributed by atoms with Gasteiger partial charge in [-0.3, -0.25) is 9.59 Å². The van der Waals surface area contributed by atoms with Crippen molar-refractivity contribution in [3.05, 3.63) is 0 Å². The van der Waals surface area contributed by atoms with E-state index in [0.29, 0.717) is 48.0 Å². The second-order valence-corrected chi connectivity index (χ2v) is 3.40. The van der Waals surface area contributed by atoms with Crippen LogP contribution in [0.15, 0.2) is 0 Å². The molecule has 1 rings (SSSR count). The molecule has 0 bridgehead atoms. The summed E-state index contributed by atoms with van der Waals surface area (Å²) >= 11 is 0.579. The molecule has 1 heterocycles. The number of Topliss-reactive ketones (excluding diaryl/α,β-unsaturated/α-hetero) is 1. The van der Waals surface area contributed by atoms with Gasteiger partial charge in [-0.05, 0) is 0 Å². The van der Waals surface area contributed by atoms with Crippen LogP contribution in [0.3, 0.4) is 0 Å². The third-order valence-corrected chi connectivity index (χ3v) is 2.40. The first kappa shape index (κ1) is 7.78. The Kier molecular flexibility index (Phi) is 2.47. The van der Waals surface area contributed by atoms with E-state index in [9.17, 15) is 9.59 Å². The molecule has 54 valence electrons. The van der Waals surface area contributed by atoms with E-state index in [1.807, 2.05) is 0 Å². The SMILES string of the molecule is O=C1CCN([C](=O)[AlH2])CC1. The lowest BCUT2D eigenvalue weighted by molar-refractivity contribution is -0.120. The first-order valence-corrected chi connectivity index (χ1v) is 4.47. The van der Waals surface area contributed by atoms with Crippen LogP contribution in [0.2, 0.25) is 0 Å². The van der Waals surface area contributed by atoms with Crippen molar-refractivity contribution < 1.29 is 9.59 Å². The molecule has 0 N–H and O–H groups in total. The Balaban J connectivity index is 2.40. The molecule has 4 heteroatoms. The molecule has 0 radical (unpaired) electrons. The second kappa shape index (κ2) is 3.18. The smallest absolute Gasteiger partial charge is 0.355 e. The van der Waals surface area contributed by atoms with Crippen LogP contribution in [0.5, 0.6) is 0 Å². The van der Waals surface area contributed by atoms with Gasteiger partial charge in [0.2, 0.25) is 0 Å². The van der Waals surface area contributed by atoms with Crippen molar-refractivity contribution in [1.82, 2.24) is 4.90 Å². The fourth-order valence-corrected chi connectivity index (χ4v) is 1.52. The molecular formula is C6H10AlNO2. The Labute approximate surface area is 67.8 Å². The normalized spacial score (nSPS) is 19.2. The average Bonchev–Trinajstić information content (AvgIpc) is 1.88. The molecule has 0 aromatic heterocycles. The minimum Gasteiger partial charge on any atom is -0.359 e. The number of likely N-dealkylation sites (tertiary alicyclic amines) is 1. The Hall–Kier alpha value is -0.328. The lowest BCUT2D eigenvalue weighted by Crippen LogP contribution is -2.37. The molecule has 0 aromatic carbocycles. The largest absolute Gasteiger partial charge is 0.359 e. The molecule has 1 amide bonds. The van der Waals surface area contributed by atoms with Gasteiger partial charge in [0.05, 0.1) is 0 Å². The summed E-state index contributed by atoms with van der Waals surface area (Å²) in [6.45, 7) is 1.31. The lowest BCUT2D eigenvalue weighted by Gasteiger charge is -2.25. The highest BCUT2D eigenvalue weighted by molar-refractivity contribution is 6.56. The van der Waals surface area contributed by atoms with Gasteiger partial charge in [0, 0.05) is 25.9 Å². The van der Waals surface area contributed by atoms with Crippen molar-refractivity contribution in [3.63, 3.8) is 0 Å². The van der Waals surface area contributed by atoms with Crippen LogP contribution >= 0.6 is 0 Å². The third kappa shape index (κ3) is 1.83. The van der Waals surface area contributed by atoms with Crippen LogP contribution in [0.4, 0.5) is 4.79 Å². The molecule has 1 aliphatic rings. The van der Waals surface area contributed by atoms with Crippen molar-refractivity contribution in [2.75, 3.05) is 13.1 Å². The molecular weight excluding hydrogens is 145 g/mol. The van der Waals surface area contributed by atoms with Crippen LogP contribution < -0.4 is 0 Å². The molecule has 0 saturated carbocycles. The standard InChI is InChI=1S/C6H8NO2.Al.2H/c8-5-7-3-1-6(9)2-4-7;;;/h1-4H2;;;. The number of rotatable bonds is 0. The van der Waals surface area contributed by atoms with E-state index in [0.717, 1.165) is 0 Å². The molecule has 0 atom stereocenters. The molecule has 0 unspecified atom stereocenters. The van der Waals surface area contributed by atoms with Crippen molar-refractivity contribution in [3.8, 4) is 0 Å². The number of ketones is 1. The van der Waals surface area contributed by atoms with E-state index in [1.165, 1.54) is 0 Å². The highest BCUT2D eigenvalue weighted by Gasteiger charge is 2.16. The van der Waals surface area contributed by atoms with E-state index < -0.39 is 0 Å². The zero-order chi connectivity index (χ0) is 7.56. The predicted octanol–water partition coefficient (Wildman–Crippen LogP) is -0.596. The summed E-state index contributed by atoms with van der Waals surface area (Å²) in [6.07, 6.45) is 1.13. The number of piperidine rings is 1. The molecule has 0 aliphatic carbocycles. The van der Waals surface area contributed by atoms with Crippen LogP contribution in [-0.2, 0) is 4.79 Å². The summed E-state index contributed by atoms with van der Waals surface area (Å²) in [5.41, 5.74) is 0. The molecule has 1 aliphatic heterocycles. The van der Waals surface area contributed by atoms with Gasteiger partial charge in [-0.1, -0.05) is 0 Å². The van der Waals surface area contributed by atoms with Gasteiger partial charge >= 0.3 is 16.3 Å². The monoisotopic (exact) mass is 155 g/mol. The molecule has 0 spiro atoms. The number of carbonyl (C=O) groups excluding carboxylic acids is 2. The van der Waals surface area contributed by atoms with Crippen LogP contribution in [0.25, 0.3) is 0 Å². The predicted molar refractivity (Wildman–Crippen MR) is 39.8 cm³/mol. The topological polar surface area (TPSA) is 37.4 Å². The van der Waals surface area contributed by atoms with Gasteiger partial charge in [0.15, 0.2) is 0 Å². The van der Waals surface area contributed by atoms with Crippen molar-refractivity contribution in [2.24, 2.45) is 0 Å². The number of hydrogen-bond donors (Lipinski definition) is 0. The van der Waals surface area contributed by atoms with Gasteiger partial charge in [0.1, 0.15) is 10.6 Å². The summed E-state index contributed by atoms with van der Waals surface area (Å²) < 4.78 is 0.215. The first-order valence-electron chi connectivity index (χ1n) is 3.47. The molecule has 10 heavy (non-hydrogen) atoms. The summed E-state index contributed by atoms with van der Waals surface area (Å²) in [5, 5.41) is 0. The van der Waals surface area contributed by atoms with Crippen molar-refractivity contribution in [1.29, 1.82) is 0 Å². The van der Waals surface area contributed by atoms with E-state index in [-0.39, 0.29) is 4.77 Å². The van der Waals surface area contributed by atoms with Crippen LogP contribution in [0, 0.1) is 0 Å². The number of amides is 1. The Morgan fingerprint density at radius 2 is 1.90 bits per heavy atom. The number of hydrogen-bond acceptors (Lipinski definition) is 2. The average molecular weight is 155 g/mol. The first-order chi connectivity index (χ1) is 4.70. The fourth-order valence-electron chi connectivity index (χ4n) is 1.07. The Morgan fingerprint density at radius 1 is 1.40 bits per heavy atom. The third-order valence-electron chi connectivity index (χ3n) is 1.77. The molecule has 3 nitrogen and oxygen atoms in total. The van der Waals surface area contributed by atoms with Gasteiger partial charge < -0.3 is 4.90 Å². The van der Waals surface area contributed by atoms with Gasteiger partial charge in [0.25, 0.3) is 0 Å². The number of nitrogens with zero attached hydrogens (tertiary/aromatic N) is 1. The van der Waals surface area contributed by atoms with E-state index >= 15 is 0 Å². The minimum atomic E-state index is 0.215. The number of carbonyl (C=O) groups is 2. The van der Waals surface area contributed by atoms with E-state index in [4.69, 9.17) is 0 Å². The highest BCUT2D eigenvalue weighted by Crippen LogP contribution is 2.04. The highest BCUT2D eigenvalue weighted by atomic mass is 27.0. The fraction of sp³-hybridized carbons (Fsp3) is 0.667. The van der Waals surface area contributed by atoms with Gasteiger partial charge in [-0.25, -0.2) is 0 Å². The van der Waals surface area contributed by atoms with Crippen LogP contribution in [-0.4, -0.2) is 44.8 Å². The van der Waals surface area contributed by atoms with Crippen molar-refractivity contribution in [2.45, 2.75) is 12.8 Å². The summed E-state index contributed by atoms with van der Waals surface area (Å²) in [7, 11) is 0. The lowest BCUT2D eigenvalue weighted by atomic mass is 10.1. The minimum absolute atomic E-state index is 0.215. The summed E-state index contributed by atoms with van der Waals surface area (Å²) in [6, 6.07) is 0.